The van der Waals surface area contributed by atoms with Gasteiger partial charge < -0.3 is 5.73 Å². The van der Waals surface area contributed by atoms with E-state index in [4.69, 9.17) is 5.73 Å². The van der Waals surface area contributed by atoms with E-state index in [1.54, 1.807) is 4.31 Å². The van der Waals surface area contributed by atoms with Crippen molar-refractivity contribution in [3.05, 3.63) is 23.5 Å². The first-order valence-electron chi connectivity index (χ1n) is 7.48. The van der Waals surface area contributed by atoms with Crippen molar-refractivity contribution in [2.75, 3.05) is 12.3 Å². The molecule has 116 valence electrons. The lowest BCUT2D eigenvalue weighted by Crippen LogP contribution is -2.46. The number of hydrogen-bond donors (Lipinski definition) is 1. The lowest BCUT2D eigenvalue weighted by atomic mass is 9.94. The third-order valence-corrected chi connectivity index (χ3v) is 6.90. The number of anilines is 1. The van der Waals surface area contributed by atoms with Crippen LogP contribution in [0.1, 0.15) is 37.7 Å². The van der Waals surface area contributed by atoms with Crippen molar-refractivity contribution in [3.63, 3.8) is 0 Å². The van der Waals surface area contributed by atoms with Crippen LogP contribution in [-0.4, -0.2) is 25.3 Å². The van der Waals surface area contributed by atoms with Gasteiger partial charge >= 0.3 is 0 Å². The largest absolute Gasteiger partial charge is 0.399 e. The van der Waals surface area contributed by atoms with Crippen molar-refractivity contribution < 1.29 is 12.8 Å². The van der Waals surface area contributed by atoms with E-state index in [9.17, 15) is 12.8 Å². The maximum Gasteiger partial charge on any atom is 0.243 e. The molecule has 1 aromatic rings. The minimum atomic E-state index is -3.68. The summed E-state index contributed by atoms with van der Waals surface area (Å²) in [5.74, 6) is -0.103. The van der Waals surface area contributed by atoms with E-state index in [2.05, 4.69) is 0 Å². The first-order chi connectivity index (χ1) is 9.91. The third-order valence-electron chi connectivity index (χ3n) is 4.85. The van der Waals surface area contributed by atoms with E-state index in [0.29, 0.717) is 12.5 Å². The SMILES string of the molecule is Cc1c(F)cc(N)cc1S(=O)(=O)N1CCCC2CCCC21. The number of nitrogens with two attached hydrogens (primary N) is 1. The van der Waals surface area contributed by atoms with Crippen LogP contribution in [0.3, 0.4) is 0 Å². The summed E-state index contributed by atoms with van der Waals surface area (Å²) in [6.45, 7) is 2.02. The Hall–Kier alpha value is -1.14. The Morgan fingerprint density at radius 3 is 2.71 bits per heavy atom. The predicted octanol–water partition coefficient (Wildman–Crippen LogP) is 2.67. The lowest BCUT2D eigenvalue weighted by molar-refractivity contribution is 0.202. The fourth-order valence-electron chi connectivity index (χ4n) is 3.77. The molecule has 0 bridgehead atoms. The summed E-state index contributed by atoms with van der Waals surface area (Å²) in [6.07, 6.45) is 5.06. The van der Waals surface area contributed by atoms with E-state index >= 15 is 0 Å². The normalized spacial score (nSPS) is 26.8. The lowest BCUT2D eigenvalue weighted by Gasteiger charge is -2.37. The Labute approximate surface area is 125 Å². The molecule has 2 fully saturated rings. The van der Waals surface area contributed by atoms with Crippen molar-refractivity contribution in [3.8, 4) is 0 Å². The van der Waals surface area contributed by atoms with Crippen LogP contribution in [0.25, 0.3) is 0 Å². The molecular formula is C15H21FN2O2S. The average Bonchev–Trinajstić information content (AvgIpc) is 2.90. The minimum Gasteiger partial charge on any atom is -0.399 e. The smallest absolute Gasteiger partial charge is 0.243 e. The maximum atomic E-state index is 13.8. The van der Waals surface area contributed by atoms with Gasteiger partial charge in [-0.1, -0.05) is 6.42 Å². The number of benzene rings is 1. The number of halogens is 1. The van der Waals surface area contributed by atoms with Gasteiger partial charge in [0.25, 0.3) is 0 Å². The summed E-state index contributed by atoms with van der Waals surface area (Å²) < 4.78 is 41.4. The molecule has 1 saturated heterocycles. The average molecular weight is 312 g/mol. The zero-order valence-corrected chi connectivity index (χ0v) is 13.0. The van der Waals surface area contributed by atoms with E-state index in [-0.39, 0.29) is 22.2 Å². The molecule has 4 nitrogen and oxygen atoms in total. The fraction of sp³-hybridized carbons (Fsp3) is 0.600. The highest BCUT2D eigenvalue weighted by Gasteiger charge is 2.41. The van der Waals surface area contributed by atoms with Crippen LogP contribution in [0.15, 0.2) is 17.0 Å². The van der Waals surface area contributed by atoms with Gasteiger partial charge in [0.1, 0.15) is 5.82 Å². The Morgan fingerprint density at radius 2 is 1.95 bits per heavy atom. The van der Waals surface area contributed by atoms with E-state index < -0.39 is 15.8 Å². The molecule has 0 radical (unpaired) electrons. The second-order valence-electron chi connectivity index (χ2n) is 6.14. The molecule has 1 saturated carbocycles. The van der Waals surface area contributed by atoms with Gasteiger partial charge in [-0.15, -0.1) is 0 Å². The number of rotatable bonds is 2. The molecule has 2 aliphatic rings. The molecule has 0 amide bonds. The molecule has 2 unspecified atom stereocenters. The molecule has 0 aromatic heterocycles. The number of fused-ring (bicyclic) bond motifs is 1. The van der Waals surface area contributed by atoms with Gasteiger partial charge in [0.2, 0.25) is 10.0 Å². The highest BCUT2D eigenvalue weighted by atomic mass is 32.2. The zero-order valence-electron chi connectivity index (χ0n) is 12.2. The summed E-state index contributed by atoms with van der Waals surface area (Å²) in [6, 6.07) is 2.63. The van der Waals surface area contributed by atoms with Crippen molar-refractivity contribution in [2.24, 2.45) is 5.92 Å². The van der Waals surface area contributed by atoms with Gasteiger partial charge in [-0.3, -0.25) is 0 Å². The molecule has 2 atom stereocenters. The fourth-order valence-corrected chi connectivity index (χ4v) is 5.80. The van der Waals surface area contributed by atoms with Crippen LogP contribution in [0.4, 0.5) is 10.1 Å². The van der Waals surface area contributed by atoms with Crippen LogP contribution >= 0.6 is 0 Å². The zero-order chi connectivity index (χ0) is 15.2. The summed E-state index contributed by atoms with van der Waals surface area (Å²) in [5, 5.41) is 0. The number of sulfonamides is 1. The molecule has 21 heavy (non-hydrogen) atoms. The molecule has 1 aliphatic carbocycles. The molecule has 1 heterocycles. The van der Waals surface area contributed by atoms with Gasteiger partial charge in [0.15, 0.2) is 0 Å². The first kappa shape index (κ1) is 14.8. The number of piperidine rings is 1. The van der Waals surface area contributed by atoms with Crippen molar-refractivity contribution in [2.45, 2.75) is 50.0 Å². The topological polar surface area (TPSA) is 63.4 Å². The highest BCUT2D eigenvalue weighted by molar-refractivity contribution is 7.89. The molecular weight excluding hydrogens is 291 g/mol. The summed E-state index contributed by atoms with van der Waals surface area (Å²) in [4.78, 5) is 0.0209. The Morgan fingerprint density at radius 1 is 1.24 bits per heavy atom. The molecule has 3 rings (SSSR count). The van der Waals surface area contributed by atoms with Crippen LogP contribution in [-0.2, 0) is 10.0 Å². The predicted molar refractivity (Wildman–Crippen MR) is 79.8 cm³/mol. The van der Waals surface area contributed by atoms with Gasteiger partial charge in [-0.05, 0) is 50.7 Å². The Bertz CT molecular complexity index is 660. The molecule has 2 N–H and O–H groups in total. The van der Waals surface area contributed by atoms with E-state index in [1.165, 1.54) is 19.1 Å². The second kappa shape index (κ2) is 5.25. The standard InChI is InChI=1S/C15H21FN2O2S/c1-10-13(16)8-12(17)9-15(10)21(19,20)18-7-3-5-11-4-2-6-14(11)18/h8-9,11,14H,2-7,17H2,1H3. The Balaban J connectivity index is 2.04. The van der Waals surface area contributed by atoms with Crippen LogP contribution < -0.4 is 5.73 Å². The number of hydrogen-bond acceptors (Lipinski definition) is 3. The number of nitrogens with zero attached hydrogens (tertiary/aromatic N) is 1. The summed E-state index contributed by atoms with van der Waals surface area (Å²) in [5.41, 5.74) is 5.94. The molecule has 1 aliphatic heterocycles. The van der Waals surface area contributed by atoms with Gasteiger partial charge in [-0.25, -0.2) is 12.8 Å². The molecule has 6 heteroatoms. The van der Waals surface area contributed by atoms with E-state index in [1.807, 2.05) is 0 Å². The molecule has 1 aromatic carbocycles. The number of nitrogen functional groups attached to an aromatic ring is 1. The van der Waals surface area contributed by atoms with Crippen molar-refractivity contribution in [1.82, 2.24) is 4.31 Å². The Kier molecular flexibility index (Phi) is 3.69. The van der Waals surface area contributed by atoms with Crippen LogP contribution in [0.5, 0.6) is 0 Å². The summed E-state index contributed by atoms with van der Waals surface area (Å²) in [7, 11) is -3.68. The first-order valence-corrected chi connectivity index (χ1v) is 8.92. The van der Waals surface area contributed by atoms with Crippen LogP contribution in [0, 0.1) is 18.7 Å². The second-order valence-corrected chi connectivity index (χ2v) is 8.00. The van der Waals surface area contributed by atoms with Crippen molar-refractivity contribution >= 4 is 15.7 Å². The minimum absolute atomic E-state index is 0.0209. The molecule has 0 spiro atoms. The van der Waals surface area contributed by atoms with Gasteiger partial charge in [0.05, 0.1) is 4.90 Å². The van der Waals surface area contributed by atoms with Crippen molar-refractivity contribution in [1.29, 1.82) is 0 Å². The summed E-state index contributed by atoms with van der Waals surface area (Å²) >= 11 is 0. The van der Waals surface area contributed by atoms with Crippen LogP contribution in [0.2, 0.25) is 0 Å². The van der Waals surface area contributed by atoms with E-state index in [0.717, 1.165) is 32.1 Å². The van der Waals surface area contributed by atoms with Gasteiger partial charge in [0, 0.05) is 23.8 Å². The van der Waals surface area contributed by atoms with Gasteiger partial charge in [-0.2, -0.15) is 4.31 Å². The third kappa shape index (κ3) is 2.44. The quantitative estimate of drug-likeness (QED) is 0.854. The monoisotopic (exact) mass is 312 g/mol. The highest BCUT2D eigenvalue weighted by Crippen LogP contribution is 2.40. The maximum absolute atomic E-state index is 13.8.